The summed E-state index contributed by atoms with van der Waals surface area (Å²) in [5.41, 5.74) is 0.270. The molecule has 2 rings (SSSR count). The Bertz CT molecular complexity index is 503. The minimum Gasteiger partial charge on any atom is -0.492 e. The van der Waals surface area contributed by atoms with Gasteiger partial charge >= 0.3 is 0 Å². The zero-order valence-electron chi connectivity index (χ0n) is 10.2. The Morgan fingerprint density at radius 3 is 2.82 bits per heavy atom. The summed E-state index contributed by atoms with van der Waals surface area (Å²) in [6.07, 6.45) is 2.31. The van der Waals surface area contributed by atoms with E-state index in [9.17, 15) is 5.11 Å². The molecular formula is C14H17NO2. The van der Waals surface area contributed by atoms with Gasteiger partial charge in [-0.15, -0.1) is 0 Å². The van der Waals surface area contributed by atoms with Crippen molar-refractivity contribution in [3.8, 4) is 5.75 Å². The first-order valence-corrected chi connectivity index (χ1v) is 5.75. The first-order chi connectivity index (χ1) is 8.04. The Labute approximate surface area is 101 Å². The Kier molecular flexibility index (Phi) is 3.29. The molecule has 90 valence electrons. The summed E-state index contributed by atoms with van der Waals surface area (Å²) in [6.45, 7) is 4.04. The summed E-state index contributed by atoms with van der Waals surface area (Å²) >= 11 is 0. The molecule has 1 N–H and O–H groups in total. The van der Waals surface area contributed by atoms with Crippen molar-refractivity contribution in [2.75, 3.05) is 6.61 Å². The summed E-state index contributed by atoms with van der Waals surface area (Å²) in [5, 5.41) is 10.6. The maximum Gasteiger partial charge on any atom is 0.138 e. The highest BCUT2D eigenvalue weighted by molar-refractivity contribution is 5.79. The van der Waals surface area contributed by atoms with Crippen molar-refractivity contribution >= 4 is 10.9 Å². The number of para-hydroxylation sites is 1. The van der Waals surface area contributed by atoms with Crippen LogP contribution in [0.2, 0.25) is 0 Å². The van der Waals surface area contributed by atoms with E-state index in [0.29, 0.717) is 13.0 Å². The molecule has 1 heterocycles. The summed E-state index contributed by atoms with van der Waals surface area (Å²) in [4.78, 5) is 4.31. The smallest absolute Gasteiger partial charge is 0.138 e. The fourth-order valence-electron chi connectivity index (χ4n) is 1.55. The van der Waals surface area contributed by atoms with Crippen LogP contribution >= 0.6 is 0 Å². The molecular weight excluding hydrogens is 214 g/mol. The monoisotopic (exact) mass is 231 g/mol. The van der Waals surface area contributed by atoms with Crippen LogP contribution in [-0.4, -0.2) is 22.3 Å². The number of rotatable bonds is 4. The van der Waals surface area contributed by atoms with Crippen molar-refractivity contribution in [3.63, 3.8) is 0 Å². The molecule has 0 amide bonds. The first-order valence-electron chi connectivity index (χ1n) is 5.75. The van der Waals surface area contributed by atoms with Gasteiger partial charge in [0, 0.05) is 11.8 Å². The van der Waals surface area contributed by atoms with E-state index in [0.717, 1.165) is 16.7 Å². The van der Waals surface area contributed by atoms with Crippen LogP contribution in [0.5, 0.6) is 5.75 Å². The van der Waals surface area contributed by atoms with Crippen LogP contribution in [0.25, 0.3) is 10.9 Å². The molecule has 0 unspecified atom stereocenters. The van der Waals surface area contributed by atoms with Crippen molar-refractivity contribution in [2.45, 2.75) is 25.9 Å². The van der Waals surface area contributed by atoms with E-state index in [-0.39, 0.29) is 0 Å². The highest BCUT2D eigenvalue weighted by atomic mass is 16.5. The molecule has 0 saturated heterocycles. The number of aromatic nitrogens is 1. The third-order valence-electron chi connectivity index (χ3n) is 2.55. The van der Waals surface area contributed by atoms with Gasteiger partial charge in [0.2, 0.25) is 0 Å². The van der Waals surface area contributed by atoms with Gasteiger partial charge in [0.15, 0.2) is 0 Å². The number of hydrogen-bond donors (Lipinski definition) is 1. The lowest BCUT2D eigenvalue weighted by atomic mass is 10.1. The van der Waals surface area contributed by atoms with Crippen molar-refractivity contribution in [1.82, 2.24) is 4.98 Å². The van der Waals surface area contributed by atoms with Gasteiger partial charge < -0.3 is 9.84 Å². The molecule has 1 aromatic carbocycles. The second-order valence-corrected chi connectivity index (χ2v) is 4.77. The fourth-order valence-corrected chi connectivity index (χ4v) is 1.55. The number of nitrogens with zero attached hydrogens (tertiary/aromatic N) is 1. The molecule has 0 bridgehead atoms. The highest BCUT2D eigenvalue weighted by Gasteiger charge is 2.12. The second-order valence-electron chi connectivity index (χ2n) is 4.77. The maximum atomic E-state index is 9.57. The van der Waals surface area contributed by atoms with Crippen LogP contribution in [0.15, 0.2) is 36.5 Å². The number of benzene rings is 1. The average Bonchev–Trinajstić information content (AvgIpc) is 2.27. The van der Waals surface area contributed by atoms with E-state index >= 15 is 0 Å². The summed E-state index contributed by atoms with van der Waals surface area (Å²) in [5.74, 6) is 0.743. The van der Waals surface area contributed by atoms with Gasteiger partial charge in [-0.1, -0.05) is 18.2 Å². The van der Waals surface area contributed by atoms with E-state index in [4.69, 9.17) is 4.74 Å². The Morgan fingerprint density at radius 2 is 2.06 bits per heavy atom. The molecule has 1 aromatic heterocycles. The third kappa shape index (κ3) is 3.43. The van der Waals surface area contributed by atoms with Crippen LogP contribution < -0.4 is 4.74 Å². The van der Waals surface area contributed by atoms with Crippen LogP contribution in [-0.2, 0) is 0 Å². The normalized spacial score (nSPS) is 11.7. The molecule has 3 nitrogen and oxygen atoms in total. The van der Waals surface area contributed by atoms with Crippen molar-refractivity contribution < 1.29 is 9.84 Å². The number of hydrogen-bond acceptors (Lipinski definition) is 3. The Hall–Kier alpha value is -1.61. The largest absolute Gasteiger partial charge is 0.492 e. The van der Waals surface area contributed by atoms with Crippen molar-refractivity contribution in [1.29, 1.82) is 0 Å². The van der Waals surface area contributed by atoms with Gasteiger partial charge in [-0.3, -0.25) is 4.98 Å². The van der Waals surface area contributed by atoms with Crippen molar-refractivity contribution in [3.05, 3.63) is 36.5 Å². The Balaban J connectivity index is 2.04. The number of pyridine rings is 1. The molecule has 0 aliphatic rings. The van der Waals surface area contributed by atoms with Gasteiger partial charge in [-0.2, -0.15) is 0 Å². The Morgan fingerprint density at radius 1 is 1.29 bits per heavy atom. The SMILES string of the molecule is CC(C)(O)CCOc1cnc2ccccc2c1. The van der Waals surface area contributed by atoms with E-state index < -0.39 is 5.60 Å². The standard InChI is InChI=1S/C14H17NO2/c1-14(2,16)7-8-17-12-9-11-5-3-4-6-13(11)15-10-12/h3-6,9-10,16H,7-8H2,1-2H3. The molecule has 0 spiro atoms. The zero-order chi connectivity index (χ0) is 12.3. The number of aliphatic hydroxyl groups is 1. The van der Waals surface area contributed by atoms with Crippen LogP contribution in [0.3, 0.4) is 0 Å². The van der Waals surface area contributed by atoms with Crippen molar-refractivity contribution in [2.24, 2.45) is 0 Å². The summed E-state index contributed by atoms with van der Waals surface area (Å²) in [7, 11) is 0. The number of ether oxygens (including phenoxy) is 1. The molecule has 0 fully saturated rings. The molecule has 0 aliphatic carbocycles. The minimum absolute atomic E-state index is 0.490. The third-order valence-corrected chi connectivity index (χ3v) is 2.55. The predicted octanol–water partition coefficient (Wildman–Crippen LogP) is 2.77. The molecule has 3 heteroatoms. The highest BCUT2D eigenvalue weighted by Crippen LogP contribution is 2.18. The maximum absolute atomic E-state index is 9.57. The zero-order valence-corrected chi connectivity index (χ0v) is 10.2. The number of fused-ring (bicyclic) bond motifs is 1. The quantitative estimate of drug-likeness (QED) is 0.879. The van der Waals surface area contributed by atoms with Gasteiger partial charge in [0.1, 0.15) is 5.75 Å². The second kappa shape index (κ2) is 4.72. The van der Waals surface area contributed by atoms with Gasteiger partial charge in [0.05, 0.1) is 23.9 Å². The van der Waals surface area contributed by atoms with E-state index in [1.807, 2.05) is 30.3 Å². The fraction of sp³-hybridized carbons (Fsp3) is 0.357. The lowest BCUT2D eigenvalue weighted by molar-refractivity contribution is 0.0553. The minimum atomic E-state index is -0.690. The van der Waals surface area contributed by atoms with E-state index in [2.05, 4.69) is 4.98 Å². The first kappa shape index (κ1) is 11.9. The van der Waals surface area contributed by atoms with Crippen LogP contribution in [0.4, 0.5) is 0 Å². The van der Waals surface area contributed by atoms with Gasteiger partial charge in [-0.05, 0) is 26.0 Å². The molecule has 0 saturated carbocycles. The average molecular weight is 231 g/mol. The van der Waals surface area contributed by atoms with Gasteiger partial charge in [-0.25, -0.2) is 0 Å². The molecule has 0 aliphatic heterocycles. The predicted molar refractivity (Wildman–Crippen MR) is 68.2 cm³/mol. The summed E-state index contributed by atoms with van der Waals surface area (Å²) in [6, 6.07) is 9.88. The molecule has 17 heavy (non-hydrogen) atoms. The molecule has 0 radical (unpaired) electrons. The summed E-state index contributed by atoms with van der Waals surface area (Å²) < 4.78 is 5.57. The lowest BCUT2D eigenvalue weighted by Crippen LogP contribution is -2.21. The molecule has 0 atom stereocenters. The van der Waals surface area contributed by atoms with Crippen LogP contribution in [0, 0.1) is 0 Å². The van der Waals surface area contributed by atoms with Crippen LogP contribution in [0.1, 0.15) is 20.3 Å². The molecule has 2 aromatic rings. The lowest BCUT2D eigenvalue weighted by Gasteiger charge is -2.16. The van der Waals surface area contributed by atoms with E-state index in [1.54, 1.807) is 20.0 Å². The van der Waals surface area contributed by atoms with Gasteiger partial charge in [0.25, 0.3) is 0 Å². The topological polar surface area (TPSA) is 42.4 Å². The van der Waals surface area contributed by atoms with E-state index in [1.165, 1.54) is 0 Å².